The first-order valence-corrected chi connectivity index (χ1v) is 13.5. The molecule has 3 rings (SSSR count). The van der Waals surface area contributed by atoms with Crippen molar-refractivity contribution in [3.63, 3.8) is 0 Å². The van der Waals surface area contributed by atoms with E-state index in [0.717, 1.165) is 35.1 Å². The minimum atomic E-state index is -0.891. The maximum Gasteiger partial charge on any atom is 0.323 e. The Balaban J connectivity index is 1.56. The van der Waals surface area contributed by atoms with Crippen LogP contribution in [0.2, 0.25) is 0 Å². The van der Waals surface area contributed by atoms with E-state index in [1.807, 2.05) is 24.3 Å². The number of unbranched alkanes of at least 4 members (excludes halogenated alkanes) is 8. The molecular formula is C31H44O3. The maximum absolute atomic E-state index is 13.7. The van der Waals surface area contributed by atoms with E-state index in [1.165, 1.54) is 57.8 Å². The number of benzene rings is 2. The van der Waals surface area contributed by atoms with Gasteiger partial charge in [-0.15, -0.1) is 0 Å². The molecule has 0 amide bonds. The van der Waals surface area contributed by atoms with E-state index in [1.54, 1.807) is 7.11 Å². The SMILES string of the molecule is CCCCCCCCCCCC(CC)COC(=O)C1(COC)c2ccccc2-c2ccccc21. The summed E-state index contributed by atoms with van der Waals surface area (Å²) >= 11 is 0. The highest BCUT2D eigenvalue weighted by molar-refractivity contribution is 5.98. The van der Waals surface area contributed by atoms with Gasteiger partial charge >= 0.3 is 5.97 Å². The summed E-state index contributed by atoms with van der Waals surface area (Å²) in [7, 11) is 1.66. The highest BCUT2D eigenvalue weighted by atomic mass is 16.5. The van der Waals surface area contributed by atoms with E-state index in [2.05, 4.69) is 38.1 Å². The molecule has 34 heavy (non-hydrogen) atoms. The lowest BCUT2D eigenvalue weighted by molar-refractivity contribution is -0.152. The van der Waals surface area contributed by atoms with Crippen LogP contribution in [0.4, 0.5) is 0 Å². The Morgan fingerprint density at radius 2 is 1.32 bits per heavy atom. The van der Waals surface area contributed by atoms with Gasteiger partial charge in [0.05, 0.1) is 13.2 Å². The zero-order valence-corrected chi connectivity index (χ0v) is 21.6. The van der Waals surface area contributed by atoms with Gasteiger partial charge in [0.2, 0.25) is 0 Å². The van der Waals surface area contributed by atoms with Gasteiger partial charge in [0.25, 0.3) is 0 Å². The molecule has 186 valence electrons. The standard InChI is InChI=1S/C31H44O3/c1-4-6-7-8-9-10-11-12-13-18-25(5-2)23-34-30(32)31(24-33-3)28-21-16-14-19-26(28)27-20-15-17-22-29(27)31/h14-17,19-22,25H,4-13,18,23-24H2,1-3H3. The molecule has 0 aromatic heterocycles. The highest BCUT2D eigenvalue weighted by Gasteiger charge is 2.50. The van der Waals surface area contributed by atoms with Crippen molar-refractivity contribution in [3.05, 3.63) is 59.7 Å². The molecule has 0 saturated heterocycles. The molecule has 3 heteroatoms. The van der Waals surface area contributed by atoms with Crippen LogP contribution in [0.25, 0.3) is 11.1 Å². The van der Waals surface area contributed by atoms with Crippen LogP contribution in [0.5, 0.6) is 0 Å². The molecular weight excluding hydrogens is 420 g/mol. The van der Waals surface area contributed by atoms with Gasteiger partial charge in [0, 0.05) is 7.11 Å². The average molecular weight is 465 g/mol. The van der Waals surface area contributed by atoms with Crippen LogP contribution in [0.15, 0.2) is 48.5 Å². The second-order valence-corrected chi connectivity index (χ2v) is 9.92. The summed E-state index contributed by atoms with van der Waals surface area (Å²) in [5.74, 6) is 0.234. The van der Waals surface area contributed by atoms with Gasteiger partial charge in [-0.3, -0.25) is 4.79 Å². The van der Waals surface area contributed by atoms with Gasteiger partial charge in [0.15, 0.2) is 0 Å². The van der Waals surface area contributed by atoms with Gasteiger partial charge in [-0.25, -0.2) is 0 Å². The Hall–Kier alpha value is -2.13. The second-order valence-electron chi connectivity index (χ2n) is 9.92. The first kappa shape index (κ1) is 26.5. The third-order valence-corrected chi connectivity index (χ3v) is 7.52. The normalized spacial score (nSPS) is 14.4. The summed E-state index contributed by atoms with van der Waals surface area (Å²) in [6.07, 6.45) is 14.2. The predicted molar refractivity (Wildman–Crippen MR) is 141 cm³/mol. The molecule has 1 aliphatic rings. The third kappa shape index (κ3) is 6.10. The minimum Gasteiger partial charge on any atom is -0.464 e. The molecule has 0 aliphatic heterocycles. The quantitative estimate of drug-likeness (QED) is 0.186. The fraction of sp³-hybridized carbons (Fsp3) is 0.581. The largest absolute Gasteiger partial charge is 0.464 e. The van der Waals surface area contributed by atoms with Crippen LogP contribution in [0.1, 0.15) is 95.6 Å². The fourth-order valence-corrected chi connectivity index (χ4v) is 5.44. The number of hydrogen-bond acceptors (Lipinski definition) is 3. The smallest absolute Gasteiger partial charge is 0.323 e. The molecule has 1 aliphatic carbocycles. The van der Waals surface area contributed by atoms with Gasteiger partial charge in [0.1, 0.15) is 5.41 Å². The van der Waals surface area contributed by atoms with E-state index < -0.39 is 5.41 Å². The van der Waals surface area contributed by atoms with Crippen LogP contribution in [0, 0.1) is 5.92 Å². The van der Waals surface area contributed by atoms with Crippen LogP contribution >= 0.6 is 0 Å². The van der Waals surface area contributed by atoms with Crippen molar-refractivity contribution in [2.75, 3.05) is 20.3 Å². The minimum absolute atomic E-state index is 0.183. The van der Waals surface area contributed by atoms with Crippen LogP contribution in [-0.4, -0.2) is 26.3 Å². The molecule has 1 unspecified atom stereocenters. The summed E-state index contributed by atoms with van der Waals surface area (Å²) in [6, 6.07) is 16.4. The molecule has 0 radical (unpaired) electrons. The molecule has 1 atom stereocenters. The van der Waals surface area contributed by atoms with Crippen molar-refractivity contribution in [2.45, 2.75) is 89.9 Å². The van der Waals surface area contributed by atoms with Crippen LogP contribution < -0.4 is 0 Å². The number of methoxy groups -OCH3 is 1. The van der Waals surface area contributed by atoms with E-state index in [0.29, 0.717) is 12.5 Å². The number of esters is 1. The Kier molecular flexibility index (Phi) is 10.7. The summed E-state index contributed by atoms with van der Waals surface area (Å²) < 4.78 is 11.7. The Labute approximate surface area is 207 Å². The molecule has 0 spiro atoms. The lowest BCUT2D eigenvalue weighted by Gasteiger charge is -2.29. The predicted octanol–water partition coefficient (Wildman–Crippen LogP) is 8.09. The molecule has 2 aromatic carbocycles. The summed E-state index contributed by atoms with van der Waals surface area (Å²) in [5, 5.41) is 0. The lowest BCUT2D eigenvalue weighted by atomic mass is 9.79. The molecule has 0 bridgehead atoms. The summed E-state index contributed by atoms with van der Waals surface area (Å²) in [6.45, 7) is 5.25. The van der Waals surface area contributed by atoms with Crippen LogP contribution in [-0.2, 0) is 19.7 Å². The van der Waals surface area contributed by atoms with Crippen molar-refractivity contribution in [1.29, 1.82) is 0 Å². The van der Waals surface area contributed by atoms with E-state index in [-0.39, 0.29) is 12.6 Å². The lowest BCUT2D eigenvalue weighted by Crippen LogP contribution is -2.41. The molecule has 2 aromatic rings. The Morgan fingerprint density at radius 3 is 1.85 bits per heavy atom. The average Bonchev–Trinajstić information content (AvgIpc) is 3.16. The zero-order chi connectivity index (χ0) is 24.2. The van der Waals surface area contributed by atoms with E-state index in [9.17, 15) is 4.79 Å². The maximum atomic E-state index is 13.7. The summed E-state index contributed by atoms with van der Waals surface area (Å²) in [4.78, 5) is 13.7. The van der Waals surface area contributed by atoms with Gasteiger partial charge in [-0.05, 0) is 34.6 Å². The number of carbonyl (C=O) groups excluding carboxylic acids is 1. The van der Waals surface area contributed by atoms with Crippen molar-refractivity contribution < 1.29 is 14.3 Å². The van der Waals surface area contributed by atoms with Crippen molar-refractivity contribution >= 4 is 5.97 Å². The van der Waals surface area contributed by atoms with Crippen molar-refractivity contribution in [1.82, 2.24) is 0 Å². The molecule has 0 saturated carbocycles. The second kappa shape index (κ2) is 13.7. The number of ether oxygens (including phenoxy) is 2. The van der Waals surface area contributed by atoms with E-state index >= 15 is 0 Å². The number of fused-ring (bicyclic) bond motifs is 3. The van der Waals surface area contributed by atoms with E-state index in [4.69, 9.17) is 9.47 Å². The first-order valence-electron chi connectivity index (χ1n) is 13.5. The fourth-order valence-electron chi connectivity index (χ4n) is 5.44. The first-order chi connectivity index (χ1) is 16.7. The van der Waals surface area contributed by atoms with Gasteiger partial charge in [-0.2, -0.15) is 0 Å². The molecule has 0 fully saturated rings. The third-order valence-electron chi connectivity index (χ3n) is 7.52. The zero-order valence-electron chi connectivity index (χ0n) is 21.6. The number of rotatable bonds is 16. The molecule has 0 N–H and O–H groups in total. The van der Waals surface area contributed by atoms with Gasteiger partial charge < -0.3 is 9.47 Å². The highest BCUT2D eigenvalue weighted by Crippen LogP contribution is 2.49. The van der Waals surface area contributed by atoms with Gasteiger partial charge in [-0.1, -0.05) is 127 Å². The molecule has 3 nitrogen and oxygen atoms in total. The number of carbonyl (C=O) groups is 1. The summed E-state index contributed by atoms with van der Waals surface area (Å²) in [5.41, 5.74) is 3.31. The van der Waals surface area contributed by atoms with Crippen molar-refractivity contribution in [2.24, 2.45) is 5.92 Å². The molecule has 0 heterocycles. The number of hydrogen-bond donors (Lipinski definition) is 0. The van der Waals surface area contributed by atoms with Crippen molar-refractivity contribution in [3.8, 4) is 11.1 Å². The van der Waals surface area contributed by atoms with Crippen LogP contribution in [0.3, 0.4) is 0 Å². The Bertz CT molecular complexity index is 842. The Morgan fingerprint density at radius 1 is 0.794 bits per heavy atom. The monoisotopic (exact) mass is 464 g/mol. The topological polar surface area (TPSA) is 35.5 Å².